The normalized spacial score (nSPS) is 47.8. The fraction of sp³-hybridized carbons (Fsp3) is 0.861. The Morgan fingerprint density at radius 3 is 1.76 bits per heavy atom. The van der Waals surface area contributed by atoms with Crippen molar-refractivity contribution in [1.82, 2.24) is 0 Å². The minimum atomic E-state index is -0.0463. The van der Waals surface area contributed by atoms with Crippen LogP contribution in [0.5, 0.6) is 0 Å². The number of ketones is 1. The summed E-state index contributed by atoms with van der Waals surface area (Å²) in [6, 6.07) is 0. The first-order chi connectivity index (χ1) is 22.3. The van der Waals surface area contributed by atoms with Gasteiger partial charge in [0.25, 0.3) is 0 Å². The highest BCUT2D eigenvalue weighted by Crippen LogP contribution is 2.54. The van der Waals surface area contributed by atoms with E-state index in [2.05, 4.69) is 4.74 Å². The number of cyclic esters (lactones) is 1. The molecule has 0 radical (unpaired) electrons. The molecule has 6 saturated heterocycles. The number of Topliss-reactive ketones (excluding diaryl/α,β-unsaturated/α-hetero) is 1. The van der Waals surface area contributed by atoms with Crippen molar-refractivity contribution in [3.63, 3.8) is 0 Å². The largest absolute Gasteiger partial charge is 0.466 e. The molecule has 6 heterocycles. The van der Waals surface area contributed by atoms with E-state index in [4.69, 9.17) is 18.9 Å². The number of fused-ring (bicyclic) bond motifs is 4. The average Bonchev–Trinajstić information content (AvgIpc) is 3.90. The van der Waals surface area contributed by atoms with E-state index in [1.165, 1.54) is 44.9 Å². The van der Waals surface area contributed by atoms with Gasteiger partial charge in [0.15, 0.2) is 0 Å². The van der Waals surface area contributed by atoms with Gasteiger partial charge < -0.3 is 23.7 Å². The average molecular weight is 641 g/mol. The van der Waals surface area contributed by atoms with E-state index in [9.17, 15) is 24.0 Å². The van der Waals surface area contributed by atoms with Crippen LogP contribution in [0.2, 0.25) is 0 Å². The van der Waals surface area contributed by atoms with E-state index in [1.54, 1.807) is 0 Å². The smallest absolute Gasteiger partial charge is 0.312 e. The summed E-state index contributed by atoms with van der Waals surface area (Å²) in [5, 5.41) is 0. The van der Waals surface area contributed by atoms with Gasteiger partial charge in [-0.25, -0.2) is 0 Å². The van der Waals surface area contributed by atoms with E-state index in [0.29, 0.717) is 54.7 Å². The molecule has 10 atom stereocenters. The van der Waals surface area contributed by atoms with Gasteiger partial charge in [0, 0.05) is 30.6 Å². The van der Waals surface area contributed by atoms with Crippen LogP contribution in [-0.2, 0) is 47.7 Å². The summed E-state index contributed by atoms with van der Waals surface area (Å²) in [6.07, 6.45) is 18.9. The molecule has 13 rings (SSSR count). The second-order valence-corrected chi connectivity index (χ2v) is 16.0. The Hall–Kier alpha value is -2.49. The second kappa shape index (κ2) is 12.5. The standard InChI is InChI=1S/C10H14O.C8H10O2.C7H8O3.C7H10O2.C4H6O2/c11-10-8-2-6-1-7(4-8)5-9(10)3-6;9-8-6-2-4-1-5(6)7(3-4)10-8;8-7-4-1-3-2-5(10-7)6(4)9-3;8-7-5-2-1-3-6(4-5)9-7;5-4-2-1-3-6-4/h6-9H,1-5H2;4-7H,1-3H2;3-6H,1-2H2;5-6H,1-4H2;1-3H2. The molecular formula is C36H48O10. The van der Waals surface area contributed by atoms with Gasteiger partial charge in [-0.15, -0.1) is 0 Å². The Bertz CT molecular complexity index is 1160. The van der Waals surface area contributed by atoms with Gasteiger partial charge in [-0.3, -0.25) is 24.0 Å². The molecule has 6 aliphatic heterocycles. The predicted molar refractivity (Wildman–Crippen MR) is 160 cm³/mol. The molecular weight excluding hydrogens is 592 g/mol. The quantitative estimate of drug-likeness (QED) is 0.276. The first kappa shape index (κ1) is 30.8. The summed E-state index contributed by atoms with van der Waals surface area (Å²) in [7, 11) is 0. The van der Waals surface area contributed by atoms with Crippen LogP contribution in [0.4, 0.5) is 0 Å². The van der Waals surface area contributed by atoms with E-state index in [1.807, 2.05) is 0 Å². The molecule has 7 aliphatic carbocycles. The highest BCUT2D eigenvalue weighted by atomic mass is 16.6. The van der Waals surface area contributed by atoms with Crippen molar-refractivity contribution in [1.29, 1.82) is 0 Å². The van der Waals surface area contributed by atoms with Crippen molar-refractivity contribution in [2.45, 2.75) is 133 Å². The molecule has 10 bridgehead atoms. The Morgan fingerprint density at radius 1 is 0.522 bits per heavy atom. The van der Waals surface area contributed by atoms with Crippen molar-refractivity contribution in [2.75, 3.05) is 6.61 Å². The zero-order valence-electron chi connectivity index (χ0n) is 26.7. The number of carbonyl (C=O) groups excluding carboxylic acids is 5. The Balaban J connectivity index is 0.0000000859. The molecule has 0 spiro atoms. The third kappa shape index (κ3) is 6.00. The predicted octanol–water partition coefficient (Wildman–Crippen LogP) is 4.48. The summed E-state index contributed by atoms with van der Waals surface area (Å²) in [5.74, 6) is 5.69. The molecule has 0 N–H and O–H groups in total. The maximum Gasteiger partial charge on any atom is 0.312 e. The molecule has 7 saturated carbocycles. The molecule has 0 amide bonds. The highest BCUT2D eigenvalue weighted by Gasteiger charge is 2.58. The summed E-state index contributed by atoms with van der Waals surface area (Å²) < 4.78 is 25.3. The van der Waals surface area contributed by atoms with Crippen LogP contribution < -0.4 is 0 Å². The lowest BCUT2D eigenvalue weighted by Gasteiger charge is -2.48. The van der Waals surface area contributed by atoms with Gasteiger partial charge in [-0.05, 0) is 108 Å². The second-order valence-electron chi connectivity index (χ2n) is 16.0. The van der Waals surface area contributed by atoms with Gasteiger partial charge in [-0.2, -0.15) is 0 Å². The highest BCUT2D eigenvalue weighted by molar-refractivity contribution is 5.85. The van der Waals surface area contributed by atoms with Crippen LogP contribution in [0, 0.1) is 53.3 Å². The first-order valence-corrected chi connectivity index (χ1v) is 18.2. The van der Waals surface area contributed by atoms with Crippen molar-refractivity contribution in [3.05, 3.63) is 0 Å². The topological polar surface area (TPSA) is 132 Å². The Kier molecular flexibility index (Phi) is 8.38. The third-order valence-electron chi connectivity index (χ3n) is 13.0. The monoisotopic (exact) mass is 640 g/mol. The van der Waals surface area contributed by atoms with E-state index < -0.39 is 0 Å². The third-order valence-corrected chi connectivity index (χ3v) is 13.0. The molecule has 0 aromatic carbocycles. The van der Waals surface area contributed by atoms with Crippen LogP contribution in [0.3, 0.4) is 0 Å². The number of rotatable bonds is 0. The molecule has 13 aliphatic rings. The van der Waals surface area contributed by atoms with Crippen LogP contribution in [0.25, 0.3) is 0 Å². The first-order valence-electron chi connectivity index (χ1n) is 18.2. The van der Waals surface area contributed by atoms with Crippen molar-refractivity contribution >= 4 is 29.7 Å². The maximum atomic E-state index is 11.6. The lowest BCUT2D eigenvalue weighted by molar-refractivity contribution is -0.144. The Labute approximate surface area is 270 Å². The van der Waals surface area contributed by atoms with Gasteiger partial charge in [0.05, 0.1) is 30.5 Å². The zero-order valence-corrected chi connectivity index (χ0v) is 26.7. The van der Waals surface area contributed by atoms with Gasteiger partial charge in [0.2, 0.25) is 0 Å². The van der Waals surface area contributed by atoms with Crippen LogP contribution in [0.15, 0.2) is 0 Å². The molecule has 0 aromatic heterocycles. The minimum Gasteiger partial charge on any atom is -0.466 e. The van der Waals surface area contributed by atoms with Gasteiger partial charge in [-0.1, -0.05) is 0 Å². The van der Waals surface area contributed by atoms with Gasteiger partial charge in [0.1, 0.15) is 30.2 Å². The Morgan fingerprint density at radius 2 is 1.24 bits per heavy atom. The summed E-state index contributed by atoms with van der Waals surface area (Å²) >= 11 is 0. The van der Waals surface area contributed by atoms with E-state index >= 15 is 0 Å². The lowest BCUT2D eigenvalue weighted by Crippen LogP contribution is -2.45. The molecule has 10 nitrogen and oxygen atoms in total. The summed E-state index contributed by atoms with van der Waals surface area (Å²) in [4.78, 5) is 54.5. The fourth-order valence-corrected chi connectivity index (χ4v) is 11.0. The summed E-state index contributed by atoms with van der Waals surface area (Å²) in [6.45, 7) is 0.638. The molecule has 10 heteroatoms. The number of hydrogen-bond donors (Lipinski definition) is 0. The zero-order chi connectivity index (χ0) is 31.5. The molecule has 252 valence electrons. The SMILES string of the molecule is O=C1C2CC3CC(C2)CC1C3.O=C1CCCO1.O=C1OC2CC3CC1C2C3.O=C1OC2CC3CC1C2O3.O=C1OC2CCCC1C2. The fourth-order valence-electron chi connectivity index (χ4n) is 11.0. The van der Waals surface area contributed by atoms with Gasteiger partial charge >= 0.3 is 23.9 Å². The lowest BCUT2D eigenvalue weighted by atomic mass is 9.56. The molecule has 0 aromatic rings. The number of hydrogen-bond acceptors (Lipinski definition) is 10. The number of ether oxygens (including phenoxy) is 5. The van der Waals surface area contributed by atoms with Crippen LogP contribution >= 0.6 is 0 Å². The minimum absolute atomic E-state index is 0.0324. The van der Waals surface area contributed by atoms with Crippen LogP contribution in [-0.4, -0.2) is 66.8 Å². The van der Waals surface area contributed by atoms with Crippen molar-refractivity contribution in [3.8, 4) is 0 Å². The molecule has 46 heavy (non-hydrogen) atoms. The molecule has 10 unspecified atom stereocenters. The van der Waals surface area contributed by atoms with E-state index in [-0.39, 0.29) is 54.0 Å². The number of carbonyl (C=O) groups is 5. The van der Waals surface area contributed by atoms with E-state index in [0.717, 1.165) is 69.1 Å². The molecule has 13 fully saturated rings. The summed E-state index contributed by atoms with van der Waals surface area (Å²) in [5.41, 5.74) is 0. The number of esters is 4. The van der Waals surface area contributed by atoms with Crippen molar-refractivity contribution < 1.29 is 47.7 Å². The maximum absolute atomic E-state index is 11.6. The van der Waals surface area contributed by atoms with Crippen LogP contribution in [0.1, 0.15) is 103 Å². The van der Waals surface area contributed by atoms with Crippen molar-refractivity contribution in [2.24, 2.45) is 53.3 Å².